The van der Waals surface area contributed by atoms with Crippen molar-refractivity contribution in [2.75, 3.05) is 17.8 Å². The Morgan fingerprint density at radius 1 is 1.14 bits per heavy atom. The molecule has 2 heterocycles. The number of likely N-dealkylation sites (tertiary alicyclic amines) is 1. The summed E-state index contributed by atoms with van der Waals surface area (Å²) in [5.41, 5.74) is 3.17. The Labute approximate surface area is 164 Å². The fourth-order valence-corrected chi connectivity index (χ4v) is 5.76. The van der Waals surface area contributed by atoms with Crippen LogP contribution in [-0.4, -0.2) is 38.4 Å². The van der Waals surface area contributed by atoms with Crippen LogP contribution in [0.4, 0.5) is 5.69 Å². The van der Waals surface area contributed by atoms with Crippen LogP contribution >= 0.6 is 0 Å². The molecule has 0 aromatic heterocycles. The number of carbonyl (C=O) groups is 1. The monoisotopic (exact) mass is 398 g/mol. The maximum Gasteiger partial charge on any atom is 0.253 e. The van der Waals surface area contributed by atoms with Crippen molar-refractivity contribution in [2.45, 2.75) is 31.3 Å². The van der Waals surface area contributed by atoms with Crippen LogP contribution in [0.5, 0.6) is 0 Å². The SMILES string of the molecule is O=C(c1ccc2c(c1)NS(=O)(=O)C2)N1CC2(CC(OCc3ccccc3)C2)C1. The lowest BCUT2D eigenvalue weighted by Crippen LogP contribution is -2.65. The molecule has 6 nitrogen and oxygen atoms in total. The highest BCUT2D eigenvalue weighted by Crippen LogP contribution is 2.50. The third kappa shape index (κ3) is 3.18. The molecule has 0 radical (unpaired) electrons. The van der Waals surface area contributed by atoms with E-state index in [-0.39, 0.29) is 23.2 Å². The number of anilines is 1. The molecule has 28 heavy (non-hydrogen) atoms. The number of nitrogens with one attached hydrogen (secondary N) is 1. The van der Waals surface area contributed by atoms with E-state index in [4.69, 9.17) is 4.74 Å². The van der Waals surface area contributed by atoms with Gasteiger partial charge in [0.2, 0.25) is 10.0 Å². The second kappa shape index (κ2) is 6.32. The highest BCUT2D eigenvalue weighted by atomic mass is 32.2. The number of ether oxygens (including phenoxy) is 1. The van der Waals surface area contributed by atoms with Crippen molar-refractivity contribution in [2.24, 2.45) is 5.41 Å². The maximum atomic E-state index is 12.7. The van der Waals surface area contributed by atoms with Gasteiger partial charge in [0, 0.05) is 24.1 Å². The lowest BCUT2D eigenvalue weighted by atomic mass is 9.61. The molecule has 0 atom stereocenters. The number of hydrogen-bond acceptors (Lipinski definition) is 4. The van der Waals surface area contributed by atoms with Crippen molar-refractivity contribution >= 4 is 21.6 Å². The van der Waals surface area contributed by atoms with Crippen LogP contribution in [-0.2, 0) is 27.1 Å². The van der Waals surface area contributed by atoms with Gasteiger partial charge in [-0.05, 0) is 36.1 Å². The summed E-state index contributed by atoms with van der Waals surface area (Å²) in [6, 6.07) is 15.3. The largest absolute Gasteiger partial charge is 0.373 e. The number of hydrogen-bond donors (Lipinski definition) is 1. The van der Waals surface area contributed by atoms with Gasteiger partial charge in [-0.1, -0.05) is 36.4 Å². The van der Waals surface area contributed by atoms with Gasteiger partial charge >= 0.3 is 0 Å². The Bertz CT molecular complexity index is 1020. The van der Waals surface area contributed by atoms with E-state index in [1.54, 1.807) is 18.2 Å². The summed E-state index contributed by atoms with van der Waals surface area (Å²) < 4.78 is 31.8. The quantitative estimate of drug-likeness (QED) is 0.859. The molecule has 1 spiro atoms. The van der Waals surface area contributed by atoms with Crippen molar-refractivity contribution in [3.63, 3.8) is 0 Å². The number of sulfonamides is 1. The van der Waals surface area contributed by atoms with Gasteiger partial charge < -0.3 is 9.64 Å². The van der Waals surface area contributed by atoms with Crippen LogP contribution in [0.2, 0.25) is 0 Å². The summed E-state index contributed by atoms with van der Waals surface area (Å²) in [5.74, 6) is -0.0539. The fourth-order valence-electron chi connectivity index (χ4n) is 4.50. The highest BCUT2D eigenvalue weighted by molar-refractivity contribution is 7.92. The maximum absolute atomic E-state index is 12.7. The lowest BCUT2D eigenvalue weighted by Gasteiger charge is -2.58. The molecule has 1 saturated heterocycles. The summed E-state index contributed by atoms with van der Waals surface area (Å²) >= 11 is 0. The van der Waals surface area contributed by atoms with Crippen LogP contribution in [0.25, 0.3) is 0 Å². The first kappa shape index (κ1) is 17.7. The topological polar surface area (TPSA) is 75.7 Å². The molecule has 1 saturated carbocycles. The van der Waals surface area contributed by atoms with Crippen LogP contribution in [0, 0.1) is 5.41 Å². The summed E-state index contributed by atoms with van der Waals surface area (Å²) in [6.07, 6.45) is 2.26. The molecule has 5 rings (SSSR count). The number of benzene rings is 2. The van der Waals surface area contributed by atoms with Gasteiger partial charge in [-0.2, -0.15) is 0 Å². The molecular weight excluding hydrogens is 376 g/mol. The van der Waals surface area contributed by atoms with Crippen LogP contribution in [0.15, 0.2) is 48.5 Å². The molecule has 7 heteroatoms. The third-order valence-corrected chi connectivity index (χ3v) is 7.18. The van der Waals surface area contributed by atoms with Gasteiger partial charge in [-0.15, -0.1) is 0 Å². The Balaban J connectivity index is 1.14. The van der Waals surface area contributed by atoms with E-state index in [0.29, 0.717) is 23.4 Å². The normalized spacial score (nSPS) is 21.5. The zero-order chi connectivity index (χ0) is 19.4. The summed E-state index contributed by atoms with van der Waals surface area (Å²) in [4.78, 5) is 14.6. The molecule has 2 fully saturated rings. The Morgan fingerprint density at radius 2 is 1.89 bits per heavy atom. The van der Waals surface area contributed by atoms with Crippen LogP contribution < -0.4 is 4.72 Å². The highest BCUT2D eigenvalue weighted by Gasteiger charge is 2.54. The van der Waals surface area contributed by atoms with Gasteiger partial charge in [-0.3, -0.25) is 9.52 Å². The minimum atomic E-state index is -3.29. The minimum absolute atomic E-state index is 0.0198. The molecule has 2 aromatic rings. The smallest absolute Gasteiger partial charge is 0.253 e. The standard InChI is InChI=1S/C21H22N2O4S/c24-20(16-6-7-17-12-28(25,26)22-19(17)8-16)23-13-21(14-23)9-18(10-21)27-11-15-4-2-1-3-5-15/h1-8,18,22H,9-14H2. The first-order chi connectivity index (χ1) is 13.4. The zero-order valence-corrected chi connectivity index (χ0v) is 16.2. The van der Waals surface area contributed by atoms with E-state index < -0.39 is 10.0 Å². The van der Waals surface area contributed by atoms with Gasteiger partial charge in [0.1, 0.15) is 0 Å². The molecular formula is C21H22N2O4S. The second-order valence-electron chi connectivity index (χ2n) is 8.22. The first-order valence-electron chi connectivity index (χ1n) is 9.50. The van der Waals surface area contributed by atoms with E-state index in [1.165, 1.54) is 5.56 Å². The van der Waals surface area contributed by atoms with E-state index in [2.05, 4.69) is 16.9 Å². The number of fused-ring (bicyclic) bond motifs is 1. The summed E-state index contributed by atoms with van der Waals surface area (Å²) in [7, 11) is -3.29. The molecule has 3 aliphatic rings. The Kier molecular flexibility index (Phi) is 4.00. The molecule has 2 aromatic carbocycles. The molecule has 0 bridgehead atoms. The first-order valence-corrected chi connectivity index (χ1v) is 11.1. The minimum Gasteiger partial charge on any atom is -0.373 e. The fraction of sp³-hybridized carbons (Fsp3) is 0.381. The van der Waals surface area contributed by atoms with Gasteiger partial charge in [0.15, 0.2) is 0 Å². The lowest BCUT2D eigenvalue weighted by molar-refractivity contribution is -0.143. The van der Waals surface area contributed by atoms with E-state index >= 15 is 0 Å². The average Bonchev–Trinajstić information content (AvgIpc) is 2.92. The summed E-state index contributed by atoms with van der Waals surface area (Å²) in [6.45, 7) is 2.13. The Morgan fingerprint density at radius 3 is 2.64 bits per heavy atom. The number of amides is 1. The molecule has 146 valence electrons. The molecule has 1 N–H and O–H groups in total. The number of nitrogens with zero attached hydrogens (tertiary/aromatic N) is 1. The van der Waals surface area contributed by atoms with Crippen molar-refractivity contribution in [1.82, 2.24) is 4.90 Å². The average molecular weight is 398 g/mol. The molecule has 1 amide bonds. The van der Waals surface area contributed by atoms with Gasteiger partial charge in [0.05, 0.1) is 24.2 Å². The number of carbonyl (C=O) groups excluding carboxylic acids is 1. The van der Waals surface area contributed by atoms with E-state index in [0.717, 1.165) is 25.9 Å². The van der Waals surface area contributed by atoms with Crippen LogP contribution in [0.1, 0.15) is 34.3 Å². The second-order valence-corrected chi connectivity index (χ2v) is 9.94. The van der Waals surface area contributed by atoms with Gasteiger partial charge in [0.25, 0.3) is 5.91 Å². The van der Waals surface area contributed by atoms with Crippen molar-refractivity contribution in [3.05, 3.63) is 65.2 Å². The molecule has 1 aliphatic carbocycles. The van der Waals surface area contributed by atoms with Crippen LogP contribution in [0.3, 0.4) is 0 Å². The van der Waals surface area contributed by atoms with Crippen molar-refractivity contribution < 1.29 is 17.9 Å². The molecule has 2 aliphatic heterocycles. The van der Waals surface area contributed by atoms with Gasteiger partial charge in [-0.25, -0.2) is 8.42 Å². The predicted molar refractivity (Wildman–Crippen MR) is 105 cm³/mol. The zero-order valence-electron chi connectivity index (χ0n) is 15.4. The Hall–Kier alpha value is -2.38. The van der Waals surface area contributed by atoms with E-state index in [9.17, 15) is 13.2 Å². The van der Waals surface area contributed by atoms with Crippen molar-refractivity contribution in [3.8, 4) is 0 Å². The predicted octanol–water partition coefficient (Wildman–Crippen LogP) is 2.76. The number of rotatable bonds is 4. The summed E-state index contributed by atoms with van der Waals surface area (Å²) in [5, 5.41) is 0. The van der Waals surface area contributed by atoms with Crippen molar-refractivity contribution in [1.29, 1.82) is 0 Å². The third-order valence-electron chi connectivity index (χ3n) is 5.96. The van der Waals surface area contributed by atoms with E-state index in [1.807, 2.05) is 23.1 Å². The molecule has 0 unspecified atom stereocenters.